The van der Waals surface area contributed by atoms with Gasteiger partial charge in [0.05, 0.1) is 0 Å². The van der Waals surface area contributed by atoms with Gasteiger partial charge in [0.15, 0.2) is 0 Å². The Hall–Kier alpha value is -0.0800. The van der Waals surface area contributed by atoms with E-state index in [0.717, 1.165) is 13.0 Å². The molecule has 0 saturated heterocycles. The summed E-state index contributed by atoms with van der Waals surface area (Å²) in [5.41, 5.74) is 6.01. The van der Waals surface area contributed by atoms with Crippen LogP contribution in [0.2, 0.25) is 0 Å². The standard InChI is InChI=1S/C11H26N2/c1-5-7-11(12)9-13(8-6-2)10(3)4/h10-11H,5-9,12H2,1-4H3. The van der Waals surface area contributed by atoms with E-state index in [9.17, 15) is 0 Å². The topological polar surface area (TPSA) is 29.3 Å². The number of hydrogen-bond donors (Lipinski definition) is 1. The second kappa shape index (κ2) is 7.34. The highest BCUT2D eigenvalue weighted by Crippen LogP contribution is 2.03. The van der Waals surface area contributed by atoms with Crippen LogP contribution in [0.1, 0.15) is 47.0 Å². The monoisotopic (exact) mass is 186 g/mol. The predicted octanol–water partition coefficient (Wildman–Crippen LogP) is 2.23. The van der Waals surface area contributed by atoms with Crippen molar-refractivity contribution < 1.29 is 0 Å². The highest BCUT2D eigenvalue weighted by Gasteiger charge is 2.11. The molecule has 0 bridgehead atoms. The lowest BCUT2D eigenvalue weighted by Gasteiger charge is -2.28. The van der Waals surface area contributed by atoms with Crippen LogP contribution in [-0.4, -0.2) is 30.1 Å². The molecular formula is C11H26N2. The fourth-order valence-corrected chi connectivity index (χ4v) is 1.61. The van der Waals surface area contributed by atoms with Crippen molar-refractivity contribution in [1.29, 1.82) is 0 Å². The summed E-state index contributed by atoms with van der Waals surface area (Å²) in [6.45, 7) is 11.1. The maximum absolute atomic E-state index is 6.01. The van der Waals surface area contributed by atoms with E-state index in [1.54, 1.807) is 0 Å². The van der Waals surface area contributed by atoms with E-state index in [1.807, 2.05) is 0 Å². The van der Waals surface area contributed by atoms with Gasteiger partial charge in [0.2, 0.25) is 0 Å². The zero-order valence-corrected chi connectivity index (χ0v) is 9.71. The van der Waals surface area contributed by atoms with Crippen molar-refractivity contribution in [1.82, 2.24) is 4.90 Å². The van der Waals surface area contributed by atoms with Crippen LogP contribution >= 0.6 is 0 Å². The van der Waals surface area contributed by atoms with Crippen molar-refractivity contribution in [2.75, 3.05) is 13.1 Å². The Morgan fingerprint density at radius 1 is 1.15 bits per heavy atom. The van der Waals surface area contributed by atoms with E-state index in [0.29, 0.717) is 12.1 Å². The lowest BCUT2D eigenvalue weighted by Crippen LogP contribution is -2.41. The van der Waals surface area contributed by atoms with Crippen molar-refractivity contribution in [3.05, 3.63) is 0 Å². The van der Waals surface area contributed by atoms with E-state index in [1.165, 1.54) is 19.4 Å². The lowest BCUT2D eigenvalue weighted by molar-refractivity contribution is 0.205. The first-order valence-corrected chi connectivity index (χ1v) is 5.61. The molecule has 0 aliphatic carbocycles. The fraction of sp³-hybridized carbons (Fsp3) is 1.00. The molecule has 2 N–H and O–H groups in total. The molecule has 1 atom stereocenters. The Morgan fingerprint density at radius 2 is 1.77 bits per heavy atom. The van der Waals surface area contributed by atoms with Gasteiger partial charge in [-0.1, -0.05) is 20.3 Å². The van der Waals surface area contributed by atoms with Crippen molar-refractivity contribution in [3.63, 3.8) is 0 Å². The van der Waals surface area contributed by atoms with Gasteiger partial charge in [0.1, 0.15) is 0 Å². The Labute approximate surface area is 83.5 Å². The Kier molecular flexibility index (Phi) is 7.29. The number of nitrogens with two attached hydrogens (primary N) is 1. The van der Waals surface area contributed by atoms with Crippen LogP contribution < -0.4 is 5.73 Å². The molecule has 0 spiro atoms. The molecule has 0 aromatic rings. The molecule has 0 radical (unpaired) electrons. The molecule has 0 rings (SSSR count). The minimum Gasteiger partial charge on any atom is -0.327 e. The van der Waals surface area contributed by atoms with Crippen LogP contribution in [0.25, 0.3) is 0 Å². The summed E-state index contributed by atoms with van der Waals surface area (Å²) in [5.74, 6) is 0. The lowest BCUT2D eigenvalue weighted by atomic mass is 10.1. The molecule has 0 aromatic heterocycles. The molecule has 0 saturated carbocycles. The fourth-order valence-electron chi connectivity index (χ4n) is 1.61. The molecular weight excluding hydrogens is 160 g/mol. The quantitative estimate of drug-likeness (QED) is 0.660. The van der Waals surface area contributed by atoms with E-state index in [2.05, 4.69) is 32.6 Å². The van der Waals surface area contributed by atoms with E-state index in [-0.39, 0.29) is 0 Å². The van der Waals surface area contributed by atoms with Crippen molar-refractivity contribution in [2.24, 2.45) is 5.73 Å². The average molecular weight is 186 g/mol. The molecule has 13 heavy (non-hydrogen) atoms. The van der Waals surface area contributed by atoms with Gasteiger partial charge in [-0.15, -0.1) is 0 Å². The third-order valence-corrected chi connectivity index (χ3v) is 2.37. The zero-order valence-electron chi connectivity index (χ0n) is 9.71. The van der Waals surface area contributed by atoms with Crippen LogP contribution in [0.4, 0.5) is 0 Å². The molecule has 0 amide bonds. The minimum atomic E-state index is 0.360. The minimum absolute atomic E-state index is 0.360. The van der Waals surface area contributed by atoms with Gasteiger partial charge < -0.3 is 5.73 Å². The number of rotatable bonds is 7. The van der Waals surface area contributed by atoms with Crippen LogP contribution in [0.3, 0.4) is 0 Å². The molecule has 0 heterocycles. The first kappa shape index (κ1) is 12.9. The third-order valence-electron chi connectivity index (χ3n) is 2.37. The highest BCUT2D eigenvalue weighted by atomic mass is 15.2. The maximum atomic E-state index is 6.01. The van der Waals surface area contributed by atoms with Crippen molar-refractivity contribution >= 4 is 0 Å². The van der Waals surface area contributed by atoms with Gasteiger partial charge in [-0.25, -0.2) is 0 Å². The summed E-state index contributed by atoms with van der Waals surface area (Å²) in [5, 5.41) is 0. The summed E-state index contributed by atoms with van der Waals surface area (Å²) in [6.07, 6.45) is 3.56. The second-order valence-electron chi connectivity index (χ2n) is 4.14. The van der Waals surface area contributed by atoms with Crippen LogP contribution in [0, 0.1) is 0 Å². The van der Waals surface area contributed by atoms with Gasteiger partial charge in [-0.2, -0.15) is 0 Å². The summed E-state index contributed by atoms with van der Waals surface area (Å²) < 4.78 is 0. The average Bonchev–Trinajstić information content (AvgIpc) is 2.04. The molecule has 0 aliphatic heterocycles. The first-order chi connectivity index (χ1) is 6.11. The maximum Gasteiger partial charge on any atom is 0.0167 e. The predicted molar refractivity (Wildman–Crippen MR) is 59.9 cm³/mol. The van der Waals surface area contributed by atoms with Gasteiger partial charge in [-0.3, -0.25) is 4.90 Å². The molecule has 0 aliphatic rings. The summed E-state index contributed by atoms with van der Waals surface area (Å²) in [4.78, 5) is 2.47. The van der Waals surface area contributed by atoms with Crippen LogP contribution in [0.15, 0.2) is 0 Å². The molecule has 0 fully saturated rings. The Morgan fingerprint density at radius 3 is 2.15 bits per heavy atom. The molecule has 0 aromatic carbocycles. The molecule has 2 nitrogen and oxygen atoms in total. The first-order valence-electron chi connectivity index (χ1n) is 5.61. The van der Waals surface area contributed by atoms with Crippen molar-refractivity contribution in [3.8, 4) is 0 Å². The molecule has 2 heteroatoms. The Balaban J connectivity index is 3.79. The second-order valence-corrected chi connectivity index (χ2v) is 4.14. The molecule has 80 valence electrons. The summed E-state index contributed by atoms with van der Waals surface area (Å²) >= 11 is 0. The van der Waals surface area contributed by atoms with E-state index in [4.69, 9.17) is 5.73 Å². The zero-order chi connectivity index (χ0) is 10.3. The van der Waals surface area contributed by atoms with Gasteiger partial charge in [0, 0.05) is 18.6 Å². The SMILES string of the molecule is CCCC(N)CN(CCC)C(C)C. The van der Waals surface area contributed by atoms with Crippen LogP contribution in [-0.2, 0) is 0 Å². The van der Waals surface area contributed by atoms with Gasteiger partial charge >= 0.3 is 0 Å². The normalized spacial score (nSPS) is 14.1. The number of nitrogens with zero attached hydrogens (tertiary/aromatic N) is 1. The number of hydrogen-bond acceptors (Lipinski definition) is 2. The third kappa shape index (κ3) is 6.05. The van der Waals surface area contributed by atoms with Gasteiger partial charge in [-0.05, 0) is 33.2 Å². The molecule has 1 unspecified atom stereocenters. The highest BCUT2D eigenvalue weighted by molar-refractivity contribution is 4.70. The largest absolute Gasteiger partial charge is 0.327 e. The van der Waals surface area contributed by atoms with Gasteiger partial charge in [0.25, 0.3) is 0 Å². The summed E-state index contributed by atoms with van der Waals surface area (Å²) in [7, 11) is 0. The van der Waals surface area contributed by atoms with Crippen LogP contribution in [0.5, 0.6) is 0 Å². The van der Waals surface area contributed by atoms with E-state index < -0.39 is 0 Å². The van der Waals surface area contributed by atoms with Crippen molar-refractivity contribution in [2.45, 2.75) is 59.0 Å². The Bertz CT molecular complexity index is 113. The smallest absolute Gasteiger partial charge is 0.0167 e. The van der Waals surface area contributed by atoms with E-state index >= 15 is 0 Å². The summed E-state index contributed by atoms with van der Waals surface area (Å²) in [6, 6.07) is 0.988.